The number of hydrogen-bond acceptors (Lipinski definition) is 5. The molecule has 3 N–H and O–H groups in total. The van der Waals surface area contributed by atoms with E-state index in [1.54, 1.807) is 36.4 Å². The fraction of sp³-hybridized carbons (Fsp3) is 0.304. The van der Waals surface area contributed by atoms with Crippen LogP contribution >= 0.6 is 0 Å². The van der Waals surface area contributed by atoms with Crippen LogP contribution in [-0.4, -0.2) is 37.1 Å². The minimum absolute atomic E-state index is 0.0637. The highest BCUT2D eigenvalue weighted by molar-refractivity contribution is 6.39. The summed E-state index contributed by atoms with van der Waals surface area (Å²) in [6.07, 6.45) is 1.40. The lowest BCUT2D eigenvalue weighted by Crippen LogP contribution is -2.32. The maximum Gasteiger partial charge on any atom is 0.329 e. The molecule has 0 heterocycles. The van der Waals surface area contributed by atoms with Crippen molar-refractivity contribution in [2.45, 2.75) is 27.7 Å². The number of nitrogens with zero attached hydrogens (tertiary/aromatic N) is 1. The Morgan fingerprint density at radius 3 is 2.35 bits per heavy atom. The normalized spacial score (nSPS) is 10.7. The third-order valence-corrected chi connectivity index (χ3v) is 4.31. The Morgan fingerprint density at radius 1 is 1.00 bits per heavy atom. The average Bonchev–Trinajstić information content (AvgIpc) is 2.74. The van der Waals surface area contributed by atoms with E-state index in [4.69, 9.17) is 4.74 Å². The molecule has 0 aliphatic heterocycles. The number of hydrazone groups is 1. The van der Waals surface area contributed by atoms with Gasteiger partial charge in [0.1, 0.15) is 5.75 Å². The summed E-state index contributed by atoms with van der Waals surface area (Å²) >= 11 is 0. The highest BCUT2D eigenvalue weighted by Gasteiger charge is 2.13. The first kappa shape index (κ1) is 23.6. The van der Waals surface area contributed by atoms with E-state index < -0.39 is 11.8 Å². The molecule has 2 aromatic rings. The second kappa shape index (κ2) is 11.5. The predicted octanol–water partition coefficient (Wildman–Crippen LogP) is 2.54. The molecule has 8 heteroatoms. The minimum Gasteiger partial charge on any atom is -0.484 e. The van der Waals surface area contributed by atoms with Crippen molar-refractivity contribution in [3.05, 3.63) is 59.2 Å². The van der Waals surface area contributed by atoms with Crippen molar-refractivity contribution in [2.75, 3.05) is 18.5 Å². The van der Waals surface area contributed by atoms with Gasteiger partial charge in [-0.15, -0.1) is 0 Å². The number of anilines is 1. The van der Waals surface area contributed by atoms with Crippen LogP contribution < -0.4 is 20.8 Å². The van der Waals surface area contributed by atoms with Gasteiger partial charge in [-0.05, 0) is 72.9 Å². The lowest BCUT2D eigenvalue weighted by Gasteiger charge is -2.09. The van der Waals surface area contributed by atoms with E-state index in [-0.39, 0.29) is 12.5 Å². The lowest BCUT2D eigenvalue weighted by molar-refractivity contribution is -0.136. The maximum atomic E-state index is 12.0. The number of carbonyl (C=O) groups is 3. The van der Waals surface area contributed by atoms with Crippen LogP contribution in [0.2, 0.25) is 0 Å². The number of carbonyl (C=O) groups excluding carboxylic acids is 3. The molecule has 31 heavy (non-hydrogen) atoms. The van der Waals surface area contributed by atoms with Gasteiger partial charge in [0, 0.05) is 12.2 Å². The molecule has 0 atom stereocenters. The smallest absolute Gasteiger partial charge is 0.329 e. The standard InChI is InChI=1S/C23H28N4O4/c1-15(2)12-24-21(28)14-31-20-9-6-18(7-10-20)13-25-27-23(30)22(29)26-19-8-5-16(3)17(4)11-19/h5-11,13,15H,12,14H2,1-4H3,(H,24,28)(H,26,29)(H,27,30)/b25-13-. The molecule has 0 unspecified atom stereocenters. The van der Waals surface area contributed by atoms with Crippen LogP contribution in [0.1, 0.15) is 30.5 Å². The Hall–Kier alpha value is -3.68. The summed E-state index contributed by atoms with van der Waals surface area (Å²) in [7, 11) is 0. The van der Waals surface area contributed by atoms with Gasteiger partial charge in [-0.25, -0.2) is 5.43 Å². The van der Waals surface area contributed by atoms with Crippen LogP contribution in [0.4, 0.5) is 5.69 Å². The van der Waals surface area contributed by atoms with Gasteiger partial charge in [-0.1, -0.05) is 19.9 Å². The van der Waals surface area contributed by atoms with Crippen molar-refractivity contribution in [2.24, 2.45) is 11.0 Å². The first-order valence-electron chi connectivity index (χ1n) is 9.96. The predicted molar refractivity (Wildman–Crippen MR) is 120 cm³/mol. The number of benzene rings is 2. The van der Waals surface area contributed by atoms with Crippen LogP contribution in [0.3, 0.4) is 0 Å². The summed E-state index contributed by atoms with van der Waals surface area (Å²) in [4.78, 5) is 35.5. The zero-order chi connectivity index (χ0) is 22.8. The molecule has 3 amide bonds. The van der Waals surface area contributed by atoms with Crippen LogP contribution in [0.15, 0.2) is 47.6 Å². The molecule has 0 fully saturated rings. The molecule has 0 saturated heterocycles. The summed E-state index contributed by atoms with van der Waals surface area (Å²) in [5.74, 6) is -0.947. The number of nitrogens with one attached hydrogen (secondary N) is 3. The summed E-state index contributed by atoms with van der Waals surface area (Å²) in [5, 5.41) is 9.09. The fourth-order valence-electron chi connectivity index (χ4n) is 2.39. The van der Waals surface area contributed by atoms with E-state index in [0.717, 1.165) is 11.1 Å². The zero-order valence-corrected chi connectivity index (χ0v) is 18.2. The van der Waals surface area contributed by atoms with Crippen molar-refractivity contribution >= 4 is 29.6 Å². The van der Waals surface area contributed by atoms with E-state index in [9.17, 15) is 14.4 Å². The molecular formula is C23H28N4O4. The van der Waals surface area contributed by atoms with Crippen molar-refractivity contribution in [1.29, 1.82) is 0 Å². The largest absolute Gasteiger partial charge is 0.484 e. The van der Waals surface area contributed by atoms with Crippen LogP contribution in [-0.2, 0) is 14.4 Å². The average molecular weight is 425 g/mol. The summed E-state index contributed by atoms with van der Waals surface area (Å²) < 4.78 is 5.42. The third kappa shape index (κ3) is 8.30. The fourth-order valence-corrected chi connectivity index (χ4v) is 2.39. The quantitative estimate of drug-likeness (QED) is 0.344. The SMILES string of the molecule is Cc1ccc(NC(=O)C(=O)N/N=C\c2ccc(OCC(=O)NCC(C)C)cc2)cc1C. The topological polar surface area (TPSA) is 109 Å². The molecule has 0 saturated carbocycles. The van der Waals surface area contributed by atoms with E-state index in [1.807, 2.05) is 33.8 Å². The lowest BCUT2D eigenvalue weighted by atomic mass is 10.1. The molecule has 2 rings (SSSR count). The summed E-state index contributed by atoms with van der Waals surface area (Å²) in [6, 6.07) is 12.2. The summed E-state index contributed by atoms with van der Waals surface area (Å²) in [6.45, 7) is 8.46. The molecule has 2 aromatic carbocycles. The Bertz CT molecular complexity index is 953. The molecular weight excluding hydrogens is 396 g/mol. The van der Waals surface area contributed by atoms with E-state index in [0.29, 0.717) is 29.5 Å². The Labute approximate surface area is 182 Å². The van der Waals surface area contributed by atoms with Crippen molar-refractivity contribution in [3.63, 3.8) is 0 Å². The van der Waals surface area contributed by atoms with Gasteiger partial charge in [0.25, 0.3) is 5.91 Å². The first-order valence-corrected chi connectivity index (χ1v) is 9.96. The summed E-state index contributed by atoms with van der Waals surface area (Å²) in [5.41, 5.74) is 5.53. The number of hydrogen-bond donors (Lipinski definition) is 3. The van der Waals surface area contributed by atoms with E-state index in [2.05, 4.69) is 21.2 Å². The van der Waals surface area contributed by atoms with Gasteiger partial charge in [0.15, 0.2) is 6.61 Å². The molecule has 8 nitrogen and oxygen atoms in total. The highest BCUT2D eigenvalue weighted by Crippen LogP contribution is 2.14. The van der Waals surface area contributed by atoms with E-state index >= 15 is 0 Å². The number of aryl methyl sites for hydroxylation is 2. The second-order valence-electron chi connectivity index (χ2n) is 7.51. The Kier molecular flexibility index (Phi) is 8.75. The number of rotatable bonds is 8. The van der Waals surface area contributed by atoms with Crippen molar-refractivity contribution < 1.29 is 19.1 Å². The van der Waals surface area contributed by atoms with Crippen LogP contribution in [0, 0.1) is 19.8 Å². The Morgan fingerprint density at radius 2 is 1.71 bits per heavy atom. The van der Waals surface area contributed by atoms with Gasteiger partial charge in [0.05, 0.1) is 6.21 Å². The van der Waals surface area contributed by atoms with Crippen LogP contribution in [0.25, 0.3) is 0 Å². The first-order chi connectivity index (χ1) is 14.7. The van der Waals surface area contributed by atoms with E-state index in [1.165, 1.54) is 6.21 Å². The Balaban J connectivity index is 1.78. The zero-order valence-electron chi connectivity index (χ0n) is 18.2. The molecule has 0 spiro atoms. The molecule has 0 aliphatic rings. The maximum absolute atomic E-state index is 12.0. The molecule has 0 bridgehead atoms. The van der Waals surface area contributed by atoms with Gasteiger partial charge < -0.3 is 15.4 Å². The van der Waals surface area contributed by atoms with Crippen LogP contribution in [0.5, 0.6) is 5.75 Å². The molecule has 0 aliphatic carbocycles. The number of ether oxygens (including phenoxy) is 1. The van der Waals surface area contributed by atoms with Gasteiger partial charge in [-0.3, -0.25) is 14.4 Å². The van der Waals surface area contributed by atoms with Gasteiger partial charge >= 0.3 is 11.8 Å². The highest BCUT2D eigenvalue weighted by atomic mass is 16.5. The molecule has 0 aromatic heterocycles. The third-order valence-electron chi connectivity index (χ3n) is 4.31. The minimum atomic E-state index is -0.873. The molecule has 0 radical (unpaired) electrons. The monoisotopic (exact) mass is 424 g/mol. The molecule has 164 valence electrons. The number of amides is 3. The van der Waals surface area contributed by atoms with Gasteiger partial charge in [-0.2, -0.15) is 5.10 Å². The van der Waals surface area contributed by atoms with Crippen molar-refractivity contribution in [3.8, 4) is 5.75 Å². The second-order valence-corrected chi connectivity index (χ2v) is 7.51. The van der Waals surface area contributed by atoms with Crippen molar-refractivity contribution in [1.82, 2.24) is 10.7 Å². The van der Waals surface area contributed by atoms with Gasteiger partial charge in [0.2, 0.25) is 0 Å².